The van der Waals surface area contributed by atoms with E-state index in [2.05, 4.69) is 5.32 Å². The van der Waals surface area contributed by atoms with Gasteiger partial charge in [0.05, 0.1) is 25.3 Å². The highest BCUT2D eigenvalue weighted by Gasteiger charge is 2.31. The fraction of sp³-hybridized carbons (Fsp3) is 0.833. The number of amides is 2. The summed E-state index contributed by atoms with van der Waals surface area (Å²) in [7, 11) is 0. The molecule has 104 valence electrons. The Bertz CT molecular complexity index is 301. The minimum atomic E-state index is -0.505. The van der Waals surface area contributed by atoms with Crippen LogP contribution in [0.2, 0.25) is 0 Å². The second kappa shape index (κ2) is 6.04. The smallest absolute Gasteiger partial charge is 0.410 e. The van der Waals surface area contributed by atoms with Crippen molar-refractivity contribution in [3.8, 4) is 0 Å². The van der Waals surface area contributed by atoms with Gasteiger partial charge in [-0.25, -0.2) is 4.79 Å². The third-order valence-electron chi connectivity index (χ3n) is 2.41. The van der Waals surface area contributed by atoms with Crippen molar-refractivity contribution in [2.45, 2.75) is 45.5 Å². The van der Waals surface area contributed by atoms with Crippen LogP contribution >= 0.6 is 0 Å². The molecule has 0 radical (unpaired) electrons. The normalized spacial score (nSPS) is 24.6. The summed E-state index contributed by atoms with van der Waals surface area (Å²) in [6, 6.07) is 0. The molecule has 6 nitrogen and oxygen atoms in total. The van der Waals surface area contributed by atoms with Crippen LogP contribution in [0.1, 0.15) is 27.7 Å². The largest absolute Gasteiger partial charge is 0.444 e. The van der Waals surface area contributed by atoms with Gasteiger partial charge in [-0.15, -0.1) is 0 Å². The van der Waals surface area contributed by atoms with E-state index < -0.39 is 5.60 Å². The molecule has 0 aromatic heterocycles. The fourth-order valence-corrected chi connectivity index (χ4v) is 1.81. The lowest BCUT2D eigenvalue weighted by Crippen LogP contribution is -2.52. The molecule has 0 saturated carbocycles. The van der Waals surface area contributed by atoms with Crippen LogP contribution in [0.5, 0.6) is 0 Å². The van der Waals surface area contributed by atoms with Gasteiger partial charge in [0, 0.05) is 6.54 Å². The molecule has 1 rings (SSSR count). The molecule has 0 bridgehead atoms. The zero-order chi connectivity index (χ0) is 13.8. The second-order valence-electron chi connectivity index (χ2n) is 5.48. The van der Waals surface area contributed by atoms with Crippen molar-refractivity contribution in [2.24, 2.45) is 0 Å². The Balaban J connectivity index is 2.54. The summed E-state index contributed by atoms with van der Waals surface area (Å²) >= 11 is 0. The Kier molecular flexibility index (Phi) is 4.95. The molecule has 1 saturated heterocycles. The summed E-state index contributed by atoms with van der Waals surface area (Å²) in [6.07, 6.45) is 0.0328. The average molecular weight is 258 g/mol. The number of nitrogens with zero attached hydrogens (tertiary/aromatic N) is 1. The molecule has 1 heterocycles. The number of carbonyl (C=O) groups excluding carboxylic acids is 2. The second-order valence-corrected chi connectivity index (χ2v) is 5.48. The number of hydrogen-bond acceptors (Lipinski definition) is 4. The topological polar surface area (TPSA) is 67.9 Å². The van der Waals surface area contributed by atoms with Crippen LogP contribution in [-0.2, 0) is 14.3 Å². The Morgan fingerprint density at radius 1 is 1.50 bits per heavy atom. The van der Waals surface area contributed by atoms with E-state index in [0.717, 1.165) is 0 Å². The number of nitrogens with one attached hydrogen (secondary N) is 1. The maximum Gasteiger partial charge on any atom is 0.410 e. The van der Waals surface area contributed by atoms with Gasteiger partial charge in [-0.05, 0) is 27.7 Å². The predicted octanol–water partition coefficient (Wildman–Crippen LogP) is 0.757. The Labute approximate surface area is 108 Å². The highest BCUT2D eigenvalue weighted by atomic mass is 16.6. The summed E-state index contributed by atoms with van der Waals surface area (Å²) in [5.74, 6) is 0. The van der Waals surface area contributed by atoms with E-state index in [1.807, 2.05) is 27.7 Å². The summed E-state index contributed by atoms with van der Waals surface area (Å²) < 4.78 is 10.9. The molecule has 0 spiro atoms. The molecule has 0 aliphatic carbocycles. The molecule has 0 aromatic carbocycles. The quantitative estimate of drug-likeness (QED) is 0.759. The van der Waals surface area contributed by atoms with E-state index in [4.69, 9.17) is 9.47 Å². The molecule has 2 amide bonds. The number of carbonyl (C=O) groups is 2. The van der Waals surface area contributed by atoms with E-state index in [9.17, 15) is 9.59 Å². The Hall–Kier alpha value is -1.30. The van der Waals surface area contributed by atoms with Crippen molar-refractivity contribution < 1.29 is 19.1 Å². The van der Waals surface area contributed by atoms with E-state index in [1.165, 1.54) is 0 Å². The zero-order valence-corrected chi connectivity index (χ0v) is 11.4. The van der Waals surface area contributed by atoms with Crippen molar-refractivity contribution in [1.29, 1.82) is 0 Å². The fourth-order valence-electron chi connectivity index (χ4n) is 1.81. The lowest BCUT2D eigenvalue weighted by atomic mass is 10.2. The van der Waals surface area contributed by atoms with Gasteiger partial charge in [-0.3, -0.25) is 4.79 Å². The predicted molar refractivity (Wildman–Crippen MR) is 66.2 cm³/mol. The SMILES string of the molecule is C[C@@H]1CN(C(=O)OC(C)(C)C)C[C@H](CNC=O)O1. The third-order valence-corrected chi connectivity index (χ3v) is 2.41. The monoisotopic (exact) mass is 258 g/mol. The van der Waals surface area contributed by atoms with E-state index >= 15 is 0 Å². The van der Waals surface area contributed by atoms with Crippen LogP contribution in [0.4, 0.5) is 4.79 Å². The first-order chi connectivity index (χ1) is 8.31. The van der Waals surface area contributed by atoms with Crippen LogP contribution < -0.4 is 5.32 Å². The van der Waals surface area contributed by atoms with Gasteiger partial charge >= 0.3 is 6.09 Å². The van der Waals surface area contributed by atoms with Crippen LogP contribution in [0, 0.1) is 0 Å². The lowest BCUT2D eigenvalue weighted by molar-refractivity contribution is -0.112. The summed E-state index contributed by atoms with van der Waals surface area (Å²) in [5.41, 5.74) is -0.505. The van der Waals surface area contributed by atoms with Crippen molar-refractivity contribution in [3.05, 3.63) is 0 Å². The molecular formula is C12H22N2O4. The number of ether oxygens (including phenoxy) is 2. The average Bonchev–Trinajstić information content (AvgIpc) is 2.23. The molecule has 18 heavy (non-hydrogen) atoms. The summed E-state index contributed by atoms with van der Waals surface area (Å²) in [4.78, 5) is 23.8. The molecule has 0 aromatic rings. The van der Waals surface area contributed by atoms with Gasteiger partial charge in [0.1, 0.15) is 5.60 Å². The highest BCUT2D eigenvalue weighted by Crippen LogP contribution is 2.15. The van der Waals surface area contributed by atoms with E-state index in [0.29, 0.717) is 26.0 Å². The van der Waals surface area contributed by atoms with Gasteiger partial charge in [-0.1, -0.05) is 0 Å². The Morgan fingerprint density at radius 2 is 2.17 bits per heavy atom. The maximum atomic E-state index is 11.9. The third kappa shape index (κ3) is 4.91. The number of rotatable bonds is 3. The van der Waals surface area contributed by atoms with Gasteiger partial charge in [0.15, 0.2) is 0 Å². The van der Waals surface area contributed by atoms with Crippen molar-refractivity contribution in [2.75, 3.05) is 19.6 Å². The molecule has 1 fully saturated rings. The molecule has 1 aliphatic heterocycles. The van der Waals surface area contributed by atoms with Gasteiger partial charge in [0.25, 0.3) is 0 Å². The molecule has 6 heteroatoms. The van der Waals surface area contributed by atoms with Crippen LogP contribution in [0.3, 0.4) is 0 Å². The molecule has 2 atom stereocenters. The zero-order valence-electron chi connectivity index (χ0n) is 11.4. The first kappa shape index (κ1) is 14.8. The van der Waals surface area contributed by atoms with Gasteiger partial charge in [-0.2, -0.15) is 0 Å². The lowest BCUT2D eigenvalue weighted by Gasteiger charge is -2.37. The summed E-state index contributed by atoms with van der Waals surface area (Å²) in [5, 5.41) is 2.56. The van der Waals surface area contributed by atoms with Crippen LogP contribution in [-0.4, -0.2) is 54.8 Å². The van der Waals surface area contributed by atoms with E-state index in [-0.39, 0.29) is 18.3 Å². The van der Waals surface area contributed by atoms with Crippen LogP contribution in [0.25, 0.3) is 0 Å². The first-order valence-electron chi connectivity index (χ1n) is 6.12. The van der Waals surface area contributed by atoms with Crippen molar-refractivity contribution >= 4 is 12.5 Å². The Morgan fingerprint density at radius 3 is 2.72 bits per heavy atom. The minimum Gasteiger partial charge on any atom is -0.444 e. The van der Waals surface area contributed by atoms with Crippen molar-refractivity contribution in [3.63, 3.8) is 0 Å². The number of hydrogen-bond donors (Lipinski definition) is 1. The summed E-state index contributed by atoms with van der Waals surface area (Å²) in [6.45, 7) is 8.73. The molecule has 0 unspecified atom stereocenters. The standard InChI is InChI=1S/C12H22N2O4/c1-9-6-14(11(16)18-12(2,3)4)7-10(17-9)5-13-8-15/h8-10H,5-7H2,1-4H3,(H,13,15)/t9-,10+/m1/s1. The molecule has 1 N–H and O–H groups in total. The molecule has 1 aliphatic rings. The highest BCUT2D eigenvalue weighted by molar-refractivity contribution is 5.68. The van der Waals surface area contributed by atoms with Crippen molar-refractivity contribution in [1.82, 2.24) is 10.2 Å². The van der Waals surface area contributed by atoms with Gasteiger partial charge < -0.3 is 19.7 Å². The minimum absolute atomic E-state index is 0.0651. The maximum absolute atomic E-state index is 11.9. The van der Waals surface area contributed by atoms with E-state index in [1.54, 1.807) is 4.90 Å². The number of morpholine rings is 1. The molecular weight excluding hydrogens is 236 g/mol. The first-order valence-corrected chi connectivity index (χ1v) is 6.12. The van der Waals surface area contributed by atoms with Crippen LogP contribution in [0.15, 0.2) is 0 Å². The van der Waals surface area contributed by atoms with Gasteiger partial charge in [0.2, 0.25) is 6.41 Å².